The zero-order valence-corrected chi connectivity index (χ0v) is 9.98. The maximum Gasteiger partial charge on any atom is 0.0194 e. The summed E-state index contributed by atoms with van der Waals surface area (Å²) in [6, 6.07) is 0.909. The van der Waals surface area contributed by atoms with Crippen LogP contribution < -0.4 is 5.32 Å². The molecule has 14 heavy (non-hydrogen) atoms. The Bertz CT molecular complexity index is 169. The molecule has 1 N–H and O–H groups in total. The van der Waals surface area contributed by atoms with Gasteiger partial charge in [-0.05, 0) is 44.1 Å². The van der Waals surface area contributed by atoms with Crippen molar-refractivity contribution >= 4 is 11.8 Å². The fourth-order valence-electron chi connectivity index (χ4n) is 2.52. The lowest BCUT2D eigenvalue weighted by molar-refractivity contribution is 0.253. The van der Waals surface area contributed by atoms with Gasteiger partial charge in [-0.2, -0.15) is 11.8 Å². The van der Waals surface area contributed by atoms with Crippen LogP contribution in [0.5, 0.6) is 0 Å². The van der Waals surface area contributed by atoms with Crippen molar-refractivity contribution in [1.29, 1.82) is 0 Å². The first-order chi connectivity index (χ1) is 6.90. The molecule has 0 spiro atoms. The van der Waals surface area contributed by atoms with Gasteiger partial charge in [-0.1, -0.05) is 6.92 Å². The van der Waals surface area contributed by atoms with Crippen molar-refractivity contribution in [3.8, 4) is 0 Å². The second-order valence-corrected chi connectivity index (χ2v) is 5.62. The molecule has 0 aliphatic carbocycles. The van der Waals surface area contributed by atoms with Gasteiger partial charge in [0, 0.05) is 18.3 Å². The largest absolute Gasteiger partial charge is 0.317 e. The standard InChI is InChI=1S/C11H22N2S/c1-2-12-7-10-3-5-13(8-10)11-4-6-14-9-11/h10-12H,2-9H2,1H3. The molecule has 2 atom stereocenters. The van der Waals surface area contributed by atoms with E-state index in [2.05, 4.69) is 28.9 Å². The van der Waals surface area contributed by atoms with Gasteiger partial charge in [-0.15, -0.1) is 0 Å². The third-order valence-electron chi connectivity index (χ3n) is 3.42. The first-order valence-electron chi connectivity index (χ1n) is 5.92. The summed E-state index contributed by atoms with van der Waals surface area (Å²) in [6.07, 6.45) is 2.84. The summed E-state index contributed by atoms with van der Waals surface area (Å²) < 4.78 is 0. The molecule has 2 aliphatic rings. The summed E-state index contributed by atoms with van der Waals surface area (Å²) in [5.41, 5.74) is 0. The van der Waals surface area contributed by atoms with Crippen molar-refractivity contribution in [2.75, 3.05) is 37.7 Å². The lowest BCUT2D eigenvalue weighted by Crippen LogP contribution is -2.34. The summed E-state index contributed by atoms with van der Waals surface area (Å²) in [6.45, 7) is 7.24. The average Bonchev–Trinajstić information content (AvgIpc) is 2.85. The van der Waals surface area contributed by atoms with Crippen LogP contribution in [0.4, 0.5) is 0 Å². The van der Waals surface area contributed by atoms with Gasteiger partial charge >= 0.3 is 0 Å². The molecule has 0 radical (unpaired) electrons. The van der Waals surface area contributed by atoms with Crippen molar-refractivity contribution in [3.05, 3.63) is 0 Å². The van der Waals surface area contributed by atoms with E-state index in [0.29, 0.717) is 0 Å². The number of hydrogen-bond acceptors (Lipinski definition) is 3. The Hall–Kier alpha value is 0.270. The van der Waals surface area contributed by atoms with Crippen molar-refractivity contribution in [2.24, 2.45) is 5.92 Å². The Labute approximate surface area is 91.8 Å². The number of thioether (sulfide) groups is 1. The molecule has 2 heterocycles. The van der Waals surface area contributed by atoms with Gasteiger partial charge in [0.25, 0.3) is 0 Å². The minimum atomic E-state index is 0.909. The Morgan fingerprint density at radius 2 is 2.36 bits per heavy atom. The SMILES string of the molecule is CCNCC1CCN(C2CCSC2)C1. The average molecular weight is 214 g/mol. The Kier molecular flexibility index (Phi) is 4.14. The van der Waals surface area contributed by atoms with E-state index in [1.165, 1.54) is 44.0 Å². The summed E-state index contributed by atoms with van der Waals surface area (Å²) in [5, 5.41) is 3.47. The third kappa shape index (κ3) is 2.65. The van der Waals surface area contributed by atoms with Gasteiger partial charge in [0.05, 0.1) is 0 Å². The highest BCUT2D eigenvalue weighted by Crippen LogP contribution is 2.27. The highest BCUT2D eigenvalue weighted by Gasteiger charge is 2.29. The van der Waals surface area contributed by atoms with E-state index in [0.717, 1.165) is 18.5 Å². The van der Waals surface area contributed by atoms with E-state index in [4.69, 9.17) is 0 Å². The first-order valence-corrected chi connectivity index (χ1v) is 7.08. The molecule has 0 aromatic carbocycles. The van der Waals surface area contributed by atoms with E-state index in [1.807, 2.05) is 0 Å². The van der Waals surface area contributed by atoms with Crippen molar-refractivity contribution in [1.82, 2.24) is 10.2 Å². The van der Waals surface area contributed by atoms with E-state index < -0.39 is 0 Å². The van der Waals surface area contributed by atoms with Crippen LogP contribution >= 0.6 is 11.8 Å². The number of likely N-dealkylation sites (tertiary alicyclic amines) is 1. The molecular weight excluding hydrogens is 192 g/mol. The van der Waals surface area contributed by atoms with Crippen molar-refractivity contribution < 1.29 is 0 Å². The van der Waals surface area contributed by atoms with Crippen LogP contribution in [0.3, 0.4) is 0 Å². The molecule has 2 rings (SSSR count). The molecule has 2 saturated heterocycles. The number of nitrogens with one attached hydrogen (secondary N) is 1. The normalized spacial score (nSPS) is 34.1. The van der Waals surface area contributed by atoms with Crippen LogP contribution in [-0.4, -0.2) is 48.6 Å². The molecule has 2 fully saturated rings. The monoisotopic (exact) mass is 214 g/mol. The first kappa shape index (κ1) is 10.8. The van der Waals surface area contributed by atoms with Gasteiger partial charge in [-0.25, -0.2) is 0 Å². The topological polar surface area (TPSA) is 15.3 Å². The number of hydrogen-bond donors (Lipinski definition) is 1. The van der Waals surface area contributed by atoms with Crippen molar-refractivity contribution in [3.63, 3.8) is 0 Å². The van der Waals surface area contributed by atoms with Gasteiger partial charge in [0.15, 0.2) is 0 Å². The third-order valence-corrected chi connectivity index (χ3v) is 4.57. The number of nitrogens with zero attached hydrogens (tertiary/aromatic N) is 1. The zero-order chi connectivity index (χ0) is 9.80. The Balaban J connectivity index is 1.71. The lowest BCUT2D eigenvalue weighted by Gasteiger charge is -2.22. The fourth-order valence-corrected chi connectivity index (χ4v) is 3.77. The minimum Gasteiger partial charge on any atom is -0.317 e. The van der Waals surface area contributed by atoms with Gasteiger partial charge < -0.3 is 5.32 Å². The molecule has 0 aromatic heterocycles. The molecule has 3 heteroatoms. The minimum absolute atomic E-state index is 0.909. The fraction of sp³-hybridized carbons (Fsp3) is 1.00. The van der Waals surface area contributed by atoms with E-state index in [-0.39, 0.29) is 0 Å². The molecule has 0 saturated carbocycles. The van der Waals surface area contributed by atoms with Gasteiger partial charge in [-0.3, -0.25) is 4.90 Å². The molecule has 0 aromatic rings. The quantitative estimate of drug-likeness (QED) is 0.762. The highest BCUT2D eigenvalue weighted by molar-refractivity contribution is 7.99. The maximum absolute atomic E-state index is 3.47. The molecule has 2 nitrogen and oxygen atoms in total. The van der Waals surface area contributed by atoms with E-state index in [1.54, 1.807) is 0 Å². The molecule has 2 unspecified atom stereocenters. The summed E-state index contributed by atoms with van der Waals surface area (Å²) in [5.74, 6) is 3.69. The van der Waals surface area contributed by atoms with Crippen LogP contribution in [0.15, 0.2) is 0 Å². The highest BCUT2D eigenvalue weighted by atomic mass is 32.2. The number of rotatable bonds is 4. The van der Waals surface area contributed by atoms with E-state index >= 15 is 0 Å². The van der Waals surface area contributed by atoms with Crippen LogP contribution in [0.2, 0.25) is 0 Å². The predicted octanol–water partition coefficient (Wildman–Crippen LogP) is 1.42. The van der Waals surface area contributed by atoms with Gasteiger partial charge in [0.1, 0.15) is 0 Å². The Morgan fingerprint density at radius 1 is 1.43 bits per heavy atom. The van der Waals surface area contributed by atoms with Crippen LogP contribution in [0, 0.1) is 5.92 Å². The van der Waals surface area contributed by atoms with Crippen LogP contribution in [0.1, 0.15) is 19.8 Å². The molecule has 0 amide bonds. The Morgan fingerprint density at radius 3 is 3.07 bits per heavy atom. The second kappa shape index (κ2) is 5.38. The maximum atomic E-state index is 3.47. The smallest absolute Gasteiger partial charge is 0.0194 e. The summed E-state index contributed by atoms with van der Waals surface area (Å²) in [4.78, 5) is 2.72. The predicted molar refractivity (Wildman–Crippen MR) is 64.0 cm³/mol. The second-order valence-electron chi connectivity index (χ2n) is 4.47. The molecule has 2 aliphatic heterocycles. The summed E-state index contributed by atoms with van der Waals surface area (Å²) in [7, 11) is 0. The zero-order valence-electron chi connectivity index (χ0n) is 9.17. The van der Waals surface area contributed by atoms with Crippen LogP contribution in [-0.2, 0) is 0 Å². The van der Waals surface area contributed by atoms with Gasteiger partial charge in [0.2, 0.25) is 0 Å². The molecule has 82 valence electrons. The molecular formula is C11H22N2S. The van der Waals surface area contributed by atoms with Crippen molar-refractivity contribution in [2.45, 2.75) is 25.8 Å². The van der Waals surface area contributed by atoms with Crippen LogP contribution in [0.25, 0.3) is 0 Å². The lowest BCUT2D eigenvalue weighted by atomic mass is 10.1. The summed E-state index contributed by atoms with van der Waals surface area (Å²) >= 11 is 2.13. The van der Waals surface area contributed by atoms with E-state index in [9.17, 15) is 0 Å². The molecule has 0 bridgehead atoms.